The Hall–Kier alpha value is -1.92. The molecule has 0 aromatic heterocycles. The minimum atomic E-state index is -4.67. The van der Waals surface area contributed by atoms with Gasteiger partial charge in [-0.25, -0.2) is 0 Å². The number of aliphatic imine (C=N–C) groups is 1. The molecule has 17 heavy (non-hydrogen) atoms. The number of nitrogens with zero attached hydrogens (tertiary/aromatic N) is 1. The van der Waals surface area contributed by atoms with Crippen LogP contribution in [0.1, 0.15) is 5.56 Å². The standard InChI is InChI=1S/C10H12F3N3O/c1-15-9(14)16-6-7-2-4-8(5-3-7)17-10(11,12)13/h2-5H,6H2,1H3,(H3,14,15,16). The molecule has 0 spiro atoms. The average molecular weight is 247 g/mol. The van der Waals surface area contributed by atoms with Gasteiger partial charge in [0, 0.05) is 13.6 Å². The van der Waals surface area contributed by atoms with Gasteiger partial charge in [0.1, 0.15) is 5.75 Å². The van der Waals surface area contributed by atoms with Gasteiger partial charge in [0.2, 0.25) is 0 Å². The quantitative estimate of drug-likeness (QED) is 0.630. The summed E-state index contributed by atoms with van der Waals surface area (Å²) in [5.74, 6) is 0.0130. The number of guanidine groups is 1. The first-order chi connectivity index (χ1) is 7.90. The van der Waals surface area contributed by atoms with E-state index in [1.165, 1.54) is 31.3 Å². The van der Waals surface area contributed by atoms with Crippen LogP contribution in [0.5, 0.6) is 5.75 Å². The third kappa shape index (κ3) is 5.10. The molecule has 0 atom stereocenters. The molecule has 0 aliphatic carbocycles. The van der Waals surface area contributed by atoms with E-state index in [4.69, 9.17) is 5.73 Å². The molecule has 0 aliphatic heterocycles. The number of alkyl halides is 3. The van der Waals surface area contributed by atoms with E-state index < -0.39 is 6.36 Å². The van der Waals surface area contributed by atoms with E-state index in [2.05, 4.69) is 15.0 Å². The number of hydrogen-bond donors (Lipinski definition) is 2. The lowest BCUT2D eigenvalue weighted by atomic mass is 10.2. The van der Waals surface area contributed by atoms with Gasteiger partial charge in [0.15, 0.2) is 5.96 Å². The van der Waals surface area contributed by atoms with Gasteiger partial charge in [0.25, 0.3) is 0 Å². The molecule has 0 radical (unpaired) electrons. The second-order valence-electron chi connectivity index (χ2n) is 3.15. The fourth-order valence-corrected chi connectivity index (χ4v) is 1.08. The van der Waals surface area contributed by atoms with Crippen molar-refractivity contribution in [1.29, 1.82) is 0 Å². The zero-order chi connectivity index (χ0) is 12.9. The summed E-state index contributed by atoms with van der Waals surface area (Å²) < 4.78 is 39.4. The van der Waals surface area contributed by atoms with Crippen molar-refractivity contribution in [2.75, 3.05) is 7.05 Å². The van der Waals surface area contributed by atoms with Crippen LogP contribution >= 0.6 is 0 Å². The fraction of sp³-hybridized carbons (Fsp3) is 0.300. The summed E-state index contributed by atoms with van der Waals surface area (Å²) >= 11 is 0. The zero-order valence-corrected chi connectivity index (χ0v) is 9.08. The number of rotatable bonds is 3. The van der Waals surface area contributed by atoms with Crippen LogP contribution in [-0.4, -0.2) is 19.4 Å². The van der Waals surface area contributed by atoms with Crippen molar-refractivity contribution in [2.45, 2.75) is 12.9 Å². The van der Waals surface area contributed by atoms with Gasteiger partial charge in [-0.05, 0) is 17.7 Å². The molecule has 0 aliphatic rings. The molecule has 1 aromatic rings. The Bertz CT molecular complexity index is 387. The molecule has 1 rings (SSSR count). The van der Waals surface area contributed by atoms with E-state index in [1.54, 1.807) is 0 Å². The highest BCUT2D eigenvalue weighted by Gasteiger charge is 2.30. The molecule has 3 N–H and O–H groups in total. The molecule has 0 amide bonds. The normalized spacial score (nSPS) is 12.4. The summed E-state index contributed by atoms with van der Waals surface area (Å²) in [6, 6.07) is 5.50. The van der Waals surface area contributed by atoms with E-state index in [1.807, 2.05) is 0 Å². The highest BCUT2D eigenvalue weighted by Crippen LogP contribution is 2.22. The van der Waals surface area contributed by atoms with Crippen molar-refractivity contribution >= 4 is 5.96 Å². The summed E-state index contributed by atoms with van der Waals surface area (Å²) in [7, 11) is 1.53. The number of nitrogens with one attached hydrogen (secondary N) is 1. The van der Waals surface area contributed by atoms with Crippen molar-refractivity contribution in [3.8, 4) is 5.75 Å². The highest BCUT2D eigenvalue weighted by atomic mass is 19.4. The summed E-state index contributed by atoms with van der Waals surface area (Å²) in [6.07, 6.45) is -4.67. The molecular weight excluding hydrogens is 235 g/mol. The molecule has 0 saturated heterocycles. The Morgan fingerprint density at radius 2 is 1.94 bits per heavy atom. The molecule has 4 nitrogen and oxygen atoms in total. The molecule has 7 heteroatoms. The highest BCUT2D eigenvalue weighted by molar-refractivity contribution is 5.77. The molecule has 0 heterocycles. The van der Waals surface area contributed by atoms with Crippen molar-refractivity contribution in [1.82, 2.24) is 5.32 Å². The monoisotopic (exact) mass is 247 g/mol. The first-order valence-corrected chi connectivity index (χ1v) is 4.71. The van der Waals surface area contributed by atoms with Crippen LogP contribution in [-0.2, 0) is 6.54 Å². The molecule has 0 fully saturated rings. The van der Waals surface area contributed by atoms with Gasteiger partial charge in [0.05, 0.1) is 0 Å². The van der Waals surface area contributed by atoms with Crippen molar-refractivity contribution in [2.24, 2.45) is 10.7 Å². The lowest BCUT2D eigenvalue weighted by Crippen LogP contribution is -2.30. The molecule has 0 saturated carbocycles. The van der Waals surface area contributed by atoms with E-state index in [0.29, 0.717) is 6.54 Å². The Morgan fingerprint density at radius 1 is 1.35 bits per heavy atom. The molecular formula is C10H12F3N3O. The SMILES string of the molecule is CN=C(N)NCc1ccc(OC(F)(F)F)cc1. The van der Waals surface area contributed by atoms with Gasteiger partial charge < -0.3 is 15.8 Å². The molecule has 94 valence electrons. The summed E-state index contributed by atoms with van der Waals surface area (Å²) in [4.78, 5) is 3.68. The van der Waals surface area contributed by atoms with Crippen LogP contribution < -0.4 is 15.8 Å². The Kier molecular flexibility index (Phi) is 4.19. The predicted octanol–water partition coefficient (Wildman–Crippen LogP) is 1.62. The van der Waals surface area contributed by atoms with Crippen LogP contribution in [0.4, 0.5) is 13.2 Å². The third-order valence-electron chi connectivity index (χ3n) is 1.87. The maximum atomic E-state index is 11.9. The van der Waals surface area contributed by atoms with Gasteiger partial charge in [-0.1, -0.05) is 12.1 Å². The minimum Gasteiger partial charge on any atom is -0.406 e. The van der Waals surface area contributed by atoms with Crippen LogP contribution in [0.2, 0.25) is 0 Å². The molecule has 0 unspecified atom stereocenters. The number of hydrogen-bond acceptors (Lipinski definition) is 2. The van der Waals surface area contributed by atoms with Crippen LogP contribution in [0, 0.1) is 0 Å². The van der Waals surface area contributed by atoms with E-state index in [-0.39, 0.29) is 11.7 Å². The van der Waals surface area contributed by atoms with Crippen molar-refractivity contribution < 1.29 is 17.9 Å². The average Bonchev–Trinajstić information content (AvgIpc) is 2.25. The predicted molar refractivity (Wildman–Crippen MR) is 57.5 cm³/mol. The van der Waals surface area contributed by atoms with Crippen molar-refractivity contribution in [3.05, 3.63) is 29.8 Å². The van der Waals surface area contributed by atoms with Crippen LogP contribution in [0.3, 0.4) is 0 Å². The smallest absolute Gasteiger partial charge is 0.406 e. The van der Waals surface area contributed by atoms with Gasteiger partial charge in [-0.2, -0.15) is 0 Å². The maximum absolute atomic E-state index is 11.9. The zero-order valence-electron chi connectivity index (χ0n) is 9.08. The van der Waals surface area contributed by atoms with Gasteiger partial charge in [-0.3, -0.25) is 4.99 Å². The Balaban J connectivity index is 2.56. The van der Waals surface area contributed by atoms with Crippen molar-refractivity contribution in [3.63, 3.8) is 0 Å². The van der Waals surface area contributed by atoms with Gasteiger partial charge >= 0.3 is 6.36 Å². The van der Waals surface area contributed by atoms with Crippen LogP contribution in [0.15, 0.2) is 29.3 Å². The first-order valence-electron chi connectivity index (χ1n) is 4.71. The number of benzene rings is 1. The third-order valence-corrected chi connectivity index (χ3v) is 1.87. The second-order valence-corrected chi connectivity index (χ2v) is 3.15. The summed E-state index contributed by atoms with van der Waals surface area (Å²) in [6.45, 7) is 0.384. The number of ether oxygens (including phenoxy) is 1. The minimum absolute atomic E-state index is 0.251. The lowest BCUT2D eigenvalue weighted by Gasteiger charge is -2.09. The van der Waals surface area contributed by atoms with E-state index in [9.17, 15) is 13.2 Å². The summed E-state index contributed by atoms with van der Waals surface area (Å²) in [5.41, 5.74) is 6.17. The topological polar surface area (TPSA) is 59.6 Å². The maximum Gasteiger partial charge on any atom is 0.573 e. The first kappa shape index (κ1) is 13.1. The van der Waals surface area contributed by atoms with E-state index >= 15 is 0 Å². The Labute approximate surface area is 96.3 Å². The summed E-state index contributed by atoms with van der Waals surface area (Å²) in [5, 5.41) is 2.78. The van der Waals surface area contributed by atoms with E-state index in [0.717, 1.165) is 5.56 Å². The largest absolute Gasteiger partial charge is 0.573 e. The second kappa shape index (κ2) is 5.42. The lowest BCUT2D eigenvalue weighted by molar-refractivity contribution is -0.274. The van der Waals surface area contributed by atoms with Crippen LogP contribution in [0.25, 0.3) is 0 Å². The number of halogens is 3. The fourth-order valence-electron chi connectivity index (χ4n) is 1.08. The molecule has 0 bridgehead atoms. The Morgan fingerprint density at radius 3 is 2.41 bits per heavy atom. The molecule has 1 aromatic carbocycles. The number of nitrogens with two attached hydrogens (primary N) is 1. The van der Waals surface area contributed by atoms with Gasteiger partial charge in [-0.15, -0.1) is 13.2 Å².